The quantitative estimate of drug-likeness (QED) is 0.672. The van der Waals surface area contributed by atoms with Crippen LogP contribution in [-0.2, 0) is 4.79 Å². The highest BCUT2D eigenvalue weighted by atomic mass is 16.5. The molecule has 0 radical (unpaired) electrons. The zero-order valence-corrected chi connectivity index (χ0v) is 16.7. The number of aromatic nitrogens is 3. The van der Waals surface area contributed by atoms with Gasteiger partial charge in [-0.2, -0.15) is 0 Å². The Labute approximate surface area is 174 Å². The van der Waals surface area contributed by atoms with Gasteiger partial charge in [-0.1, -0.05) is 12.1 Å². The molecule has 1 saturated heterocycles. The van der Waals surface area contributed by atoms with Crippen molar-refractivity contribution in [2.75, 3.05) is 32.5 Å². The average molecular weight is 405 g/mol. The molecular formula is C22H23N5O3. The number of ether oxygens (including phenoxy) is 2. The minimum Gasteiger partial charge on any atom is -0.493 e. The molecule has 3 heterocycles. The summed E-state index contributed by atoms with van der Waals surface area (Å²) in [6.45, 7) is 1.20. The maximum Gasteiger partial charge on any atom is 0.260 e. The average Bonchev–Trinajstić information content (AvgIpc) is 3.28. The number of nitrogens with two attached hydrogens (primary N) is 1. The summed E-state index contributed by atoms with van der Waals surface area (Å²) in [4.78, 5) is 27.2. The second-order valence-electron chi connectivity index (χ2n) is 7.06. The van der Waals surface area contributed by atoms with Crippen LogP contribution in [0.1, 0.15) is 18.0 Å². The number of nitrogens with zero attached hydrogens (tertiary/aromatic N) is 4. The van der Waals surface area contributed by atoms with Gasteiger partial charge >= 0.3 is 0 Å². The van der Waals surface area contributed by atoms with Crippen LogP contribution >= 0.6 is 0 Å². The first kappa shape index (κ1) is 19.6. The fourth-order valence-electron chi connectivity index (χ4n) is 3.68. The molecule has 0 saturated carbocycles. The van der Waals surface area contributed by atoms with E-state index in [0.29, 0.717) is 30.4 Å². The molecule has 3 aromatic rings. The lowest BCUT2D eigenvalue weighted by Crippen LogP contribution is -2.33. The van der Waals surface area contributed by atoms with Gasteiger partial charge in [0.05, 0.1) is 12.8 Å². The first-order valence-electron chi connectivity index (χ1n) is 9.71. The molecule has 0 bridgehead atoms. The summed E-state index contributed by atoms with van der Waals surface area (Å²) in [5.41, 5.74) is 8.58. The number of benzene rings is 1. The minimum atomic E-state index is -0.0628. The molecule has 1 atom stereocenters. The van der Waals surface area contributed by atoms with Gasteiger partial charge in [0.1, 0.15) is 12.1 Å². The minimum absolute atomic E-state index is 0.0371. The van der Waals surface area contributed by atoms with Crippen LogP contribution < -0.4 is 15.2 Å². The zero-order chi connectivity index (χ0) is 20.9. The lowest BCUT2D eigenvalue weighted by Gasteiger charge is -2.18. The van der Waals surface area contributed by atoms with Gasteiger partial charge in [-0.05, 0) is 36.2 Å². The molecule has 1 aliphatic heterocycles. The van der Waals surface area contributed by atoms with Crippen LogP contribution in [0.5, 0.6) is 11.5 Å². The third-order valence-corrected chi connectivity index (χ3v) is 5.18. The monoisotopic (exact) mass is 405 g/mol. The number of anilines is 1. The van der Waals surface area contributed by atoms with Crippen LogP contribution in [-0.4, -0.2) is 52.6 Å². The van der Waals surface area contributed by atoms with E-state index in [9.17, 15) is 4.79 Å². The third-order valence-electron chi connectivity index (χ3n) is 5.18. The summed E-state index contributed by atoms with van der Waals surface area (Å²) >= 11 is 0. The molecule has 1 fully saturated rings. The maximum absolute atomic E-state index is 12.7. The summed E-state index contributed by atoms with van der Waals surface area (Å²) in [6.07, 6.45) is 5.82. The lowest BCUT2D eigenvalue weighted by molar-refractivity contribution is -0.132. The summed E-state index contributed by atoms with van der Waals surface area (Å²) < 4.78 is 11.0. The first-order chi connectivity index (χ1) is 14.7. The van der Waals surface area contributed by atoms with Crippen LogP contribution in [0.15, 0.2) is 55.1 Å². The number of carbonyl (C=O) groups excluding carboxylic acids is 1. The number of hydrogen-bond donors (Lipinski definition) is 1. The highest BCUT2D eigenvalue weighted by molar-refractivity contribution is 5.78. The van der Waals surface area contributed by atoms with E-state index in [1.165, 1.54) is 0 Å². The van der Waals surface area contributed by atoms with E-state index in [2.05, 4.69) is 15.0 Å². The predicted octanol–water partition coefficient (Wildman–Crippen LogP) is 2.52. The standard InChI is InChI=1S/C22H23N5O3/c1-29-18-4-2-3-5-19(18)30-13-21(28)27-9-7-16(12-27)22-17(11-24-14-26-22)15-6-8-25-20(23)10-15/h2-6,8,10-11,14,16H,7,9,12-13H2,1H3,(H2,23,25). The maximum atomic E-state index is 12.7. The van der Waals surface area contributed by atoms with Crippen molar-refractivity contribution in [2.45, 2.75) is 12.3 Å². The molecule has 8 heteroatoms. The lowest BCUT2D eigenvalue weighted by atomic mass is 9.96. The van der Waals surface area contributed by atoms with Crippen molar-refractivity contribution in [1.82, 2.24) is 19.9 Å². The molecule has 1 amide bonds. The molecule has 2 N–H and O–H groups in total. The summed E-state index contributed by atoms with van der Waals surface area (Å²) in [5, 5.41) is 0. The molecule has 1 unspecified atom stereocenters. The number of methoxy groups -OCH3 is 1. The largest absolute Gasteiger partial charge is 0.493 e. The van der Waals surface area contributed by atoms with E-state index in [-0.39, 0.29) is 18.4 Å². The Bertz CT molecular complexity index is 1040. The van der Waals surface area contributed by atoms with E-state index < -0.39 is 0 Å². The number of carbonyl (C=O) groups is 1. The molecule has 2 aromatic heterocycles. The number of likely N-dealkylation sites (tertiary alicyclic amines) is 1. The molecule has 0 aliphatic carbocycles. The van der Waals surface area contributed by atoms with Gasteiger partial charge < -0.3 is 20.1 Å². The van der Waals surface area contributed by atoms with E-state index in [4.69, 9.17) is 15.2 Å². The van der Waals surface area contributed by atoms with Crippen molar-refractivity contribution in [1.29, 1.82) is 0 Å². The Kier molecular flexibility index (Phi) is 5.74. The van der Waals surface area contributed by atoms with Gasteiger partial charge in [-0.15, -0.1) is 0 Å². The Balaban J connectivity index is 1.44. The normalized spacial score (nSPS) is 15.8. The Morgan fingerprint density at radius 2 is 2.07 bits per heavy atom. The Hall–Kier alpha value is -3.68. The van der Waals surface area contributed by atoms with E-state index >= 15 is 0 Å². The van der Waals surface area contributed by atoms with Gasteiger partial charge in [0, 0.05) is 37.0 Å². The molecule has 4 rings (SSSR count). The number of pyridine rings is 1. The molecule has 154 valence electrons. The van der Waals surface area contributed by atoms with E-state index in [1.54, 1.807) is 44.0 Å². The second-order valence-corrected chi connectivity index (χ2v) is 7.06. The van der Waals surface area contributed by atoms with Crippen molar-refractivity contribution in [3.05, 3.63) is 60.8 Å². The molecule has 1 aromatic carbocycles. The van der Waals surface area contributed by atoms with Gasteiger partial charge in [0.15, 0.2) is 18.1 Å². The summed E-state index contributed by atoms with van der Waals surface area (Å²) in [6, 6.07) is 11.0. The van der Waals surface area contributed by atoms with Crippen molar-refractivity contribution in [3.63, 3.8) is 0 Å². The highest BCUT2D eigenvalue weighted by Crippen LogP contribution is 2.33. The predicted molar refractivity (Wildman–Crippen MR) is 112 cm³/mol. The molecule has 30 heavy (non-hydrogen) atoms. The van der Waals surface area contributed by atoms with Gasteiger partial charge in [-0.25, -0.2) is 15.0 Å². The van der Waals surface area contributed by atoms with Gasteiger partial charge in [0.2, 0.25) is 0 Å². The number of rotatable bonds is 6. The van der Waals surface area contributed by atoms with Crippen molar-refractivity contribution in [2.24, 2.45) is 0 Å². The van der Waals surface area contributed by atoms with Crippen LogP contribution in [0.2, 0.25) is 0 Å². The van der Waals surface area contributed by atoms with Crippen LogP contribution in [0.3, 0.4) is 0 Å². The van der Waals surface area contributed by atoms with Crippen molar-refractivity contribution >= 4 is 11.7 Å². The Morgan fingerprint density at radius 3 is 2.87 bits per heavy atom. The van der Waals surface area contributed by atoms with Crippen molar-refractivity contribution in [3.8, 4) is 22.6 Å². The number of amides is 1. The molecule has 0 spiro atoms. The fourth-order valence-corrected chi connectivity index (χ4v) is 3.68. The molecule has 8 nitrogen and oxygen atoms in total. The van der Waals surface area contributed by atoms with Crippen LogP contribution in [0, 0.1) is 0 Å². The molecular weight excluding hydrogens is 382 g/mol. The number of para-hydroxylation sites is 2. The fraction of sp³-hybridized carbons (Fsp3) is 0.273. The highest BCUT2D eigenvalue weighted by Gasteiger charge is 2.30. The topological polar surface area (TPSA) is 103 Å². The van der Waals surface area contributed by atoms with E-state index in [0.717, 1.165) is 23.2 Å². The smallest absolute Gasteiger partial charge is 0.260 e. The van der Waals surface area contributed by atoms with Gasteiger partial charge in [-0.3, -0.25) is 4.79 Å². The second kappa shape index (κ2) is 8.77. The zero-order valence-electron chi connectivity index (χ0n) is 16.7. The SMILES string of the molecule is COc1ccccc1OCC(=O)N1CCC(c2ncncc2-c2ccnc(N)c2)C1. The van der Waals surface area contributed by atoms with Crippen LogP contribution in [0.25, 0.3) is 11.1 Å². The number of hydrogen-bond acceptors (Lipinski definition) is 7. The first-order valence-corrected chi connectivity index (χ1v) is 9.71. The third kappa shape index (κ3) is 4.17. The summed E-state index contributed by atoms with van der Waals surface area (Å²) in [7, 11) is 1.57. The van der Waals surface area contributed by atoms with E-state index in [1.807, 2.05) is 23.1 Å². The van der Waals surface area contributed by atoms with Gasteiger partial charge in [0.25, 0.3) is 5.91 Å². The summed E-state index contributed by atoms with van der Waals surface area (Å²) in [5.74, 6) is 1.66. The number of nitrogen functional groups attached to an aromatic ring is 1. The molecule has 1 aliphatic rings. The Morgan fingerprint density at radius 1 is 1.23 bits per heavy atom. The van der Waals surface area contributed by atoms with Crippen molar-refractivity contribution < 1.29 is 14.3 Å². The van der Waals surface area contributed by atoms with Crippen LogP contribution in [0.4, 0.5) is 5.82 Å².